The molecule has 3 heterocycles. The Morgan fingerprint density at radius 1 is 1.23 bits per heavy atom. The molecule has 1 aromatic carbocycles. The average Bonchev–Trinajstić information content (AvgIpc) is 3.05. The van der Waals surface area contributed by atoms with Crippen molar-refractivity contribution in [3.63, 3.8) is 0 Å². The molecule has 1 N–H and O–H groups in total. The molecule has 1 atom stereocenters. The summed E-state index contributed by atoms with van der Waals surface area (Å²) < 4.78 is 0. The number of ketones is 1. The first-order valence-electron chi connectivity index (χ1n) is 10.2. The van der Waals surface area contributed by atoms with Crippen LogP contribution in [0.3, 0.4) is 0 Å². The maximum absolute atomic E-state index is 13.2. The van der Waals surface area contributed by atoms with E-state index in [1.807, 2.05) is 24.0 Å². The lowest BCUT2D eigenvalue weighted by Crippen LogP contribution is -2.27. The lowest BCUT2D eigenvalue weighted by Gasteiger charge is -2.20. The fourth-order valence-electron chi connectivity index (χ4n) is 3.74. The molecule has 31 heavy (non-hydrogen) atoms. The summed E-state index contributed by atoms with van der Waals surface area (Å²) in [5, 5.41) is 10.2. The number of Topliss-reactive ketones (excluding diaryl/α,β-unsaturated/α-hetero) is 1. The molecule has 0 amide bonds. The Balaban J connectivity index is 1.72. The molecule has 4 rings (SSSR count). The largest absolute Gasteiger partial charge is 0.341 e. The molecular weight excluding hydrogens is 416 g/mol. The summed E-state index contributed by atoms with van der Waals surface area (Å²) >= 11 is 6.23. The van der Waals surface area contributed by atoms with Gasteiger partial charge in [0.15, 0.2) is 5.92 Å². The zero-order valence-corrected chi connectivity index (χ0v) is 17.8. The number of benzene rings is 1. The highest BCUT2D eigenvalue weighted by molar-refractivity contribution is 6.33. The molecule has 8 nitrogen and oxygen atoms in total. The number of nitrogens with zero attached hydrogens (tertiary/aromatic N) is 5. The van der Waals surface area contributed by atoms with Gasteiger partial charge in [-0.1, -0.05) is 36.1 Å². The number of aryl methyl sites for hydroxylation is 1. The van der Waals surface area contributed by atoms with Gasteiger partial charge in [-0.2, -0.15) is 5.26 Å². The second kappa shape index (κ2) is 8.82. The van der Waals surface area contributed by atoms with Gasteiger partial charge in [-0.3, -0.25) is 9.59 Å². The van der Waals surface area contributed by atoms with Gasteiger partial charge in [0.2, 0.25) is 11.7 Å². The minimum Gasteiger partial charge on any atom is -0.341 e. The fraction of sp³-hybridized carbons (Fsp3) is 0.364. The monoisotopic (exact) mass is 436 g/mol. The van der Waals surface area contributed by atoms with Gasteiger partial charge >= 0.3 is 0 Å². The Kier molecular flexibility index (Phi) is 5.96. The van der Waals surface area contributed by atoms with E-state index >= 15 is 0 Å². The average molecular weight is 437 g/mol. The molecule has 0 unspecified atom stereocenters. The minimum atomic E-state index is -1.34. The van der Waals surface area contributed by atoms with Gasteiger partial charge in [0.05, 0.1) is 28.2 Å². The number of rotatable bonds is 4. The fourth-order valence-corrected chi connectivity index (χ4v) is 3.93. The van der Waals surface area contributed by atoms with Crippen LogP contribution >= 0.6 is 11.6 Å². The lowest BCUT2D eigenvalue weighted by molar-refractivity contribution is 0.0971. The molecule has 0 saturated carbocycles. The number of nitrogens with one attached hydrogen (secondary N) is 1. The molecule has 1 aliphatic heterocycles. The zero-order valence-electron chi connectivity index (χ0n) is 17.1. The predicted molar refractivity (Wildman–Crippen MR) is 118 cm³/mol. The van der Waals surface area contributed by atoms with Crippen molar-refractivity contribution in [1.29, 1.82) is 5.26 Å². The minimum absolute atomic E-state index is 0.0279. The number of fused-ring (bicyclic) bond motifs is 1. The van der Waals surface area contributed by atoms with Crippen LogP contribution in [0.5, 0.6) is 0 Å². The number of aromatic nitrogens is 4. The quantitative estimate of drug-likeness (QED) is 0.621. The number of aromatic amines is 1. The first-order valence-corrected chi connectivity index (χ1v) is 10.6. The van der Waals surface area contributed by atoms with Gasteiger partial charge in [-0.05, 0) is 31.9 Å². The van der Waals surface area contributed by atoms with E-state index in [1.165, 1.54) is 6.20 Å². The molecule has 0 spiro atoms. The number of hydrogen-bond acceptors (Lipinski definition) is 7. The van der Waals surface area contributed by atoms with E-state index in [2.05, 4.69) is 19.9 Å². The molecule has 3 aromatic rings. The van der Waals surface area contributed by atoms with Gasteiger partial charge in [-0.15, -0.1) is 0 Å². The van der Waals surface area contributed by atoms with Crippen molar-refractivity contribution in [3.05, 3.63) is 56.9 Å². The van der Waals surface area contributed by atoms with E-state index in [0.29, 0.717) is 16.9 Å². The summed E-state index contributed by atoms with van der Waals surface area (Å²) in [4.78, 5) is 43.4. The smallest absolute Gasteiger partial charge is 0.258 e. The number of H-pyrrole nitrogens is 1. The normalized spacial score (nSPS) is 15.3. The van der Waals surface area contributed by atoms with Gasteiger partial charge < -0.3 is 9.88 Å². The standard InChI is InChI=1S/C22H21ClN6O2/c1-13-6-7-17-14(10-13)21(31)28-20(26-17)15(11-24)19(30)18-16(23)12-25-22(27-18)29-8-4-2-3-5-9-29/h6-7,10,12,15H,2-5,8-9H2,1H3,(H,26,28,31)/t15-/m1/s1. The second-order valence-electron chi connectivity index (χ2n) is 7.67. The second-order valence-corrected chi connectivity index (χ2v) is 8.07. The van der Waals surface area contributed by atoms with E-state index < -0.39 is 17.3 Å². The molecular formula is C22H21ClN6O2. The van der Waals surface area contributed by atoms with E-state index in [0.717, 1.165) is 44.3 Å². The Hall–Kier alpha value is -3.31. The maximum atomic E-state index is 13.2. The highest BCUT2D eigenvalue weighted by Crippen LogP contribution is 2.25. The van der Waals surface area contributed by atoms with Crippen LogP contribution in [-0.2, 0) is 0 Å². The highest BCUT2D eigenvalue weighted by atomic mass is 35.5. The Morgan fingerprint density at radius 2 is 1.97 bits per heavy atom. The first-order chi connectivity index (χ1) is 15.0. The van der Waals surface area contributed by atoms with Gasteiger partial charge in [0, 0.05) is 13.1 Å². The molecule has 1 aliphatic rings. The van der Waals surface area contributed by atoms with Crippen LogP contribution < -0.4 is 10.5 Å². The molecule has 1 saturated heterocycles. The topological polar surface area (TPSA) is 116 Å². The van der Waals surface area contributed by atoms with Crippen LogP contribution in [0.25, 0.3) is 10.9 Å². The lowest BCUT2D eigenvalue weighted by atomic mass is 10.0. The molecule has 158 valence electrons. The summed E-state index contributed by atoms with van der Waals surface area (Å²) in [6, 6.07) is 7.16. The van der Waals surface area contributed by atoms with Crippen LogP contribution in [0, 0.1) is 18.3 Å². The summed E-state index contributed by atoms with van der Waals surface area (Å²) in [5.74, 6) is -1.58. The SMILES string of the molecule is Cc1ccc2nc([C@H](C#N)C(=O)c3nc(N4CCCCCC4)ncc3Cl)[nH]c(=O)c2c1. The van der Waals surface area contributed by atoms with E-state index in [-0.39, 0.29) is 16.5 Å². The van der Waals surface area contributed by atoms with Crippen molar-refractivity contribution < 1.29 is 4.79 Å². The maximum Gasteiger partial charge on any atom is 0.258 e. The van der Waals surface area contributed by atoms with E-state index in [4.69, 9.17) is 11.6 Å². The Morgan fingerprint density at radius 3 is 2.68 bits per heavy atom. The third-order valence-electron chi connectivity index (χ3n) is 5.40. The van der Waals surface area contributed by atoms with Crippen LogP contribution in [0.2, 0.25) is 5.02 Å². The predicted octanol–water partition coefficient (Wildman–Crippen LogP) is 3.55. The van der Waals surface area contributed by atoms with Crippen molar-refractivity contribution in [3.8, 4) is 6.07 Å². The first kappa shape index (κ1) is 20.9. The summed E-state index contributed by atoms with van der Waals surface area (Å²) in [5.41, 5.74) is 0.871. The van der Waals surface area contributed by atoms with Crippen LogP contribution in [0.15, 0.2) is 29.2 Å². The van der Waals surface area contributed by atoms with Gasteiger partial charge in [-0.25, -0.2) is 15.0 Å². The van der Waals surface area contributed by atoms with Crippen molar-refractivity contribution in [1.82, 2.24) is 19.9 Å². The van der Waals surface area contributed by atoms with Crippen molar-refractivity contribution in [2.45, 2.75) is 38.5 Å². The third-order valence-corrected chi connectivity index (χ3v) is 5.67. The number of nitriles is 1. The Labute approximate surface area is 183 Å². The molecule has 2 aromatic heterocycles. The van der Waals surface area contributed by atoms with Crippen molar-refractivity contribution in [2.24, 2.45) is 0 Å². The van der Waals surface area contributed by atoms with E-state index in [1.54, 1.807) is 12.1 Å². The van der Waals surface area contributed by atoms with Gasteiger partial charge in [0.25, 0.3) is 5.56 Å². The van der Waals surface area contributed by atoms with Crippen LogP contribution in [-0.4, -0.2) is 38.8 Å². The zero-order chi connectivity index (χ0) is 22.0. The summed E-state index contributed by atoms with van der Waals surface area (Å²) in [6.07, 6.45) is 5.73. The van der Waals surface area contributed by atoms with Crippen molar-refractivity contribution in [2.75, 3.05) is 18.0 Å². The number of hydrogen-bond donors (Lipinski definition) is 1. The van der Waals surface area contributed by atoms with Gasteiger partial charge in [0.1, 0.15) is 11.5 Å². The van der Waals surface area contributed by atoms with Crippen molar-refractivity contribution >= 4 is 34.2 Å². The molecule has 1 fully saturated rings. The van der Waals surface area contributed by atoms with Crippen LogP contribution in [0.4, 0.5) is 5.95 Å². The summed E-state index contributed by atoms with van der Waals surface area (Å²) in [6.45, 7) is 3.47. The number of carbonyl (C=O) groups excluding carboxylic acids is 1. The Bertz CT molecular complexity index is 1240. The number of carbonyl (C=O) groups is 1. The number of anilines is 1. The van der Waals surface area contributed by atoms with E-state index in [9.17, 15) is 14.9 Å². The van der Waals surface area contributed by atoms with Crippen LogP contribution in [0.1, 0.15) is 53.5 Å². The molecule has 0 radical (unpaired) electrons. The molecule has 9 heteroatoms. The molecule has 0 bridgehead atoms. The number of halogens is 1. The molecule has 0 aliphatic carbocycles. The highest BCUT2D eigenvalue weighted by Gasteiger charge is 2.29. The third kappa shape index (κ3) is 4.28. The summed E-state index contributed by atoms with van der Waals surface area (Å²) in [7, 11) is 0.